The molecule has 1 atom stereocenters. The first-order valence-electron chi connectivity index (χ1n) is 10.6. The molecule has 0 saturated carbocycles. The number of amides is 1. The number of rotatable bonds is 7. The van der Waals surface area contributed by atoms with Crippen LogP contribution >= 0.6 is 0 Å². The topological polar surface area (TPSA) is 111 Å². The second-order valence-corrected chi connectivity index (χ2v) is 7.89. The lowest BCUT2D eigenvalue weighted by Crippen LogP contribution is -2.42. The maximum Gasteiger partial charge on any atom is 0.366 e. The molecule has 0 bridgehead atoms. The summed E-state index contributed by atoms with van der Waals surface area (Å²) in [6, 6.07) is 18.6. The van der Waals surface area contributed by atoms with Crippen molar-refractivity contribution in [1.29, 1.82) is 0 Å². The van der Waals surface area contributed by atoms with Crippen LogP contribution in [0.4, 0.5) is 5.69 Å². The number of benzene rings is 3. The fourth-order valence-corrected chi connectivity index (χ4v) is 3.80. The molecule has 0 spiro atoms. The van der Waals surface area contributed by atoms with Crippen LogP contribution in [-0.2, 0) is 16.8 Å². The zero-order chi connectivity index (χ0) is 24.3. The van der Waals surface area contributed by atoms with Crippen LogP contribution < -0.4 is 20.4 Å². The quantitative estimate of drug-likeness (QED) is 0.434. The Morgan fingerprint density at radius 1 is 1.00 bits per heavy atom. The van der Waals surface area contributed by atoms with Crippen molar-refractivity contribution in [3.05, 3.63) is 94.0 Å². The van der Waals surface area contributed by atoms with Gasteiger partial charge in [-0.15, -0.1) is 0 Å². The van der Waals surface area contributed by atoms with Crippen molar-refractivity contribution in [2.75, 3.05) is 19.5 Å². The molecule has 8 heteroatoms. The summed E-state index contributed by atoms with van der Waals surface area (Å²) in [6.07, 6.45) is 0.000114. The Kier molecular flexibility index (Phi) is 6.34. The SMILES string of the molecule is COc1ccc(C(O)(Cc2cccc(OC)c2)C(=O)Nc2ccc3c(=O)onc(C)c3c2)cc1. The van der Waals surface area contributed by atoms with E-state index in [9.17, 15) is 14.7 Å². The van der Waals surface area contributed by atoms with Gasteiger partial charge in [-0.25, -0.2) is 4.79 Å². The van der Waals surface area contributed by atoms with E-state index in [1.54, 1.807) is 81.8 Å². The number of anilines is 1. The van der Waals surface area contributed by atoms with Gasteiger partial charge < -0.3 is 24.4 Å². The van der Waals surface area contributed by atoms with Gasteiger partial charge in [-0.2, -0.15) is 0 Å². The van der Waals surface area contributed by atoms with Gasteiger partial charge in [0.15, 0.2) is 5.60 Å². The van der Waals surface area contributed by atoms with Crippen LogP contribution in [0.1, 0.15) is 16.8 Å². The minimum Gasteiger partial charge on any atom is -0.497 e. The molecule has 1 aromatic heterocycles. The number of aryl methyl sites for hydroxylation is 1. The van der Waals surface area contributed by atoms with Gasteiger partial charge in [0.2, 0.25) is 0 Å². The van der Waals surface area contributed by atoms with E-state index in [1.165, 1.54) is 0 Å². The molecule has 4 aromatic rings. The number of carbonyl (C=O) groups excluding carboxylic acids is 1. The molecule has 34 heavy (non-hydrogen) atoms. The summed E-state index contributed by atoms with van der Waals surface area (Å²) in [5, 5.41) is 19.2. The van der Waals surface area contributed by atoms with Crippen LogP contribution in [0, 0.1) is 6.92 Å². The summed E-state index contributed by atoms with van der Waals surface area (Å²) in [7, 11) is 3.10. The Balaban J connectivity index is 1.73. The summed E-state index contributed by atoms with van der Waals surface area (Å²) in [5.41, 5.74) is -0.447. The second-order valence-electron chi connectivity index (χ2n) is 7.89. The van der Waals surface area contributed by atoms with E-state index in [2.05, 4.69) is 10.5 Å². The van der Waals surface area contributed by atoms with E-state index in [1.807, 2.05) is 6.07 Å². The number of ether oxygens (including phenoxy) is 2. The van der Waals surface area contributed by atoms with E-state index < -0.39 is 17.1 Å². The van der Waals surface area contributed by atoms with E-state index in [0.717, 1.165) is 0 Å². The van der Waals surface area contributed by atoms with E-state index >= 15 is 0 Å². The van der Waals surface area contributed by atoms with Gasteiger partial charge in [0.25, 0.3) is 5.91 Å². The van der Waals surface area contributed by atoms with E-state index in [-0.39, 0.29) is 6.42 Å². The molecule has 2 N–H and O–H groups in total. The number of aliphatic hydroxyl groups is 1. The third-order valence-electron chi connectivity index (χ3n) is 5.69. The number of carbonyl (C=O) groups is 1. The summed E-state index contributed by atoms with van der Waals surface area (Å²) >= 11 is 0. The summed E-state index contributed by atoms with van der Waals surface area (Å²) in [4.78, 5) is 25.5. The average molecular weight is 460 g/mol. The van der Waals surface area contributed by atoms with Crippen molar-refractivity contribution in [2.45, 2.75) is 18.9 Å². The first-order chi connectivity index (χ1) is 16.3. The fourth-order valence-electron chi connectivity index (χ4n) is 3.80. The zero-order valence-corrected chi connectivity index (χ0v) is 19.0. The van der Waals surface area contributed by atoms with Gasteiger partial charge in [0.1, 0.15) is 11.5 Å². The molecule has 1 amide bonds. The second kappa shape index (κ2) is 9.36. The molecule has 1 unspecified atom stereocenters. The Labute approximate surface area is 195 Å². The lowest BCUT2D eigenvalue weighted by Gasteiger charge is -2.28. The van der Waals surface area contributed by atoms with Gasteiger partial charge in [0, 0.05) is 17.5 Å². The number of nitrogens with zero attached hydrogens (tertiary/aromatic N) is 1. The normalized spacial score (nSPS) is 12.7. The van der Waals surface area contributed by atoms with Crippen LogP contribution in [-0.4, -0.2) is 30.4 Å². The van der Waals surface area contributed by atoms with Crippen molar-refractivity contribution in [3.8, 4) is 11.5 Å². The third kappa shape index (κ3) is 4.49. The van der Waals surface area contributed by atoms with Crippen LogP contribution in [0.5, 0.6) is 11.5 Å². The van der Waals surface area contributed by atoms with Gasteiger partial charge in [0.05, 0.1) is 25.3 Å². The highest BCUT2D eigenvalue weighted by Gasteiger charge is 2.38. The van der Waals surface area contributed by atoms with Crippen LogP contribution in [0.2, 0.25) is 0 Å². The number of hydrogen-bond acceptors (Lipinski definition) is 7. The molecule has 174 valence electrons. The lowest BCUT2D eigenvalue weighted by molar-refractivity contribution is -0.135. The van der Waals surface area contributed by atoms with E-state index in [0.29, 0.717) is 44.8 Å². The molecule has 0 fully saturated rings. The predicted molar refractivity (Wildman–Crippen MR) is 127 cm³/mol. The highest BCUT2D eigenvalue weighted by Crippen LogP contribution is 2.31. The number of hydrogen-bond donors (Lipinski definition) is 2. The molecule has 0 radical (unpaired) electrons. The maximum atomic E-state index is 13.5. The monoisotopic (exact) mass is 460 g/mol. The number of methoxy groups -OCH3 is 2. The summed E-state index contributed by atoms with van der Waals surface area (Å²) in [5.74, 6) is 0.587. The minimum atomic E-state index is -1.91. The first kappa shape index (κ1) is 23.0. The van der Waals surface area contributed by atoms with Crippen molar-refractivity contribution in [2.24, 2.45) is 0 Å². The maximum absolute atomic E-state index is 13.5. The highest BCUT2D eigenvalue weighted by atomic mass is 16.5. The third-order valence-corrected chi connectivity index (χ3v) is 5.69. The molecular formula is C26H24N2O6. The molecule has 0 aliphatic carbocycles. The van der Waals surface area contributed by atoms with Gasteiger partial charge in [-0.05, 0) is 60.5 Å². The molecule has 0 aliphatic rings. The molecule has 1 heterocycles. The average Bonchev–Trinajstić information content (AvgIpc) is 2.86. The smallest absolute Gasteiger partial charge is 0.366 e. The Hall–Kier alpha value is -4.17. The standard InChI is InChI=1S/C26H24N2O6/c1-16-23-14-19(9-12-22(23)24(29)34-28-16)27-25(30)26(31,18-7-10-20(32-2)11-8-18)15-17-5-4-6-21(13-17)33-3/h4-14,31H,15H2,1-3H3,(H,27,30). The predicted octanol–water partition coefficient (Wildman–Crippen LogP) is 3.58. The summed E-state index contributed by atoms with van der Waals surface area (Å²) < 4.78 is 15.3. The Bertz CT molecular complexity index is 1400. The van der Waals surface area contributed by atoms with Crippen molar-refractivity contribution >= 4 is 22.4 Å². The minimum absolute atomic E-state index is 0.000114. The number of aromatic nitrogens is 1. The molecular weight excluding hydrogens is 436 g/mol. The largest absolute Gasteiger partial charge is 0.497 e. The Morgan fingerprint density at radius 2 is 1.74 bits per heavy atom. The van der Waals surface area contributed by atoms with Crippen LogP contribution in [0.3, 0.4) is 0 Å². The fraction of sp³-hybridized carbons (Fsp3) is 0.192. The highest BCUT2D eigenvalue weighted by molar-refractivity contribution is 6.00. The molecule has 8 nitrogen and oxygen atoms in total. The first-order valence-corrected chi connectivity index (χ1v) is 10.6. The molecule has 0 saturated heterocycles. The molecule has 3 aromatic carbocycles. The number of fused-ring (bicyclic) bond motifs is 1. The lowest BCUT2D eigenvalue weighted by atomic mass is 9.86. The summed E-state index contributed by atoms with van der Waals surface area (Å²) in [6.45, 7) is 1.70. The van der Waals surface area contributed by atoms with Crippen LogP contribution in [0.25, 0.3) is 10.8 Å². The van der Waals surface area contributed by atoms with Crippen LogP contribution in [0.15, 0.2) is 76.0 Å². The molecule has 4 rings (SSSR count). The zero-order valence-electron chi connectivity index (χ0n) is 19.0. The number of nitrogens with one attached hydrogen (secondary N) is 1. The van der Waals surface area contributed by atoms with Gasteiger partial charge >= 0.3 is 5.63 Å². The van der Waals surface area contributed by atoms with E-state index in [4.69, 9.17) is 14.0 Å². The van der Waals surface area contributed by atoms with Crippen molar-refractivity contribution in [3.63, 3.8) is 0 Å². The molecule has 0 aliphatic heterocycles. The van der Waals surface area contributed by atoms with Crippen molar-refractivity contribution < 1.29 is 23.9 Å². The Morgan fingerprint density at radius 3 is 2.44 bits per heavy atom. The van der Waals surface area contributed by atoms with Gasteiger partial charge in [-0.1, -0.05) is 29.4 Å². The van der Waals surface area contributed by atoms with Gasteiger partial charge in [-0.3, -0.25) is 4.79 Å². The van der Waals surface area contributed by atoms with Crippen molar-refractivity contribution in [1.82, 2.24) is 5.16 Å².